The first kappa shape index (κ1) is 20.9. The molecule has 0 aromatic heterocycles. The molecule has 1 heterocycles. The summed E-state index contributed by atoms with van der Waals surface area (Å²) in [5.74, 6) is 0.823. The molecule has 148 valence electrons. The number of hydrogen-bond acceptors (Lipinski definition) is 6. The van der Waals surface area contributed by atoms with E-state index in [2.05, 4.69) is 21.2 Å². The van der Waals surface area contributed by atoms with Gasteiger partial charge in [-0.2, -0.15) is 5.10 Å². The summed E-state index contributed by atoms with van der Waals surface area (Å²) in [4.78, 5) is 11.5. The first-order valence-corrected chi connectivity index (χ1v) is 9.29. The molecule has 1 aliphatic rings. The lowest BCUT2D eigenvalue weighted by Gasteiger charge is -2.12. The van der Waals surface area contributed by atoms with Crippen LogP contribution in [0.5, 0.6) is 11.5 Å². The fraction of sp³-hybridized carbons (Fsp3) is 0.500. The van der Waals surface area contributed by atoms with Crippen LogP contribution in [0.2, 0.25) is 0 Å². The van der Waals surface area contributed by atoms with Crippen molar-refractivity contribution in [2.45, 2.75) is 25.9 Å². The van der Waals surface area contributed by atoms with Crippen molar-refractivity contribution in [2.75, 3.05) is 33.4 Å². The Bertz CT molecular complexity index is 663. The number of hydrazone groups is 1. The minimum Gasteiger partial charge on any atom is -0.493 e. The van der Waals surface area contributed by atoms with E-state index in [1.54, 1.807) is 18.3 Å². The normalized spacial score (nSPS) is 16.1. The molecule has 27 heavy (non-hydrogen) atoms. The third-order valence-electron chi connectivity index (χ3n) is 3.81. The number of nitrogens with one attached hydrogen (secondary N) is 3. The molecule has 1 aliphatic heterocycles. The molecule has 1 fully saturated rings. The molecule has 3 N–H and O–H groups in total. The maximum atomic E-state index is 11.5. The van der Waals surface area contributed by atoms with Crippen LogP contribution in [0, 0.1) is 0 Å². The number of hydrogen-bond donors (Lipinski definition) is 3. The van der Waals surface area contributed by atoms with E-state index >= 15 is 0 Å². The number of methoxy groups -OCH3 is 1. The van der Waals surface area contributed by atoms with Crippen LogP contribution in [-0.2, 0) is 9.53 Å². The molecule has 9 heteroatoms. The van der Waals surface area contributed by atoms with Gasteiger partial charge in [0, 0.05) is 19.7 Å². The number of thiocarbonyl (C=S) groups is 1. The molecule has 0 bridgehead atoms. The number of carbonyl (C=O) groups excluding carboxylic acids is 1. The third kappa shape index (κ3) is 7.40. The highest BCUT2D eigenvalue weighted by molar-refractivity contribution is 7.80. The zero-order valence-electron chi connectivity index (χ0n) is 15.6. The first-order chi connectivity index (χ1) is 13.1. The molecule has 0 aliphatic carbocycles. The Balaban J connectivity index is 1.81. The van der Waals surface area contributed by atoms with Gasteiger partial charge < -0.3 is 24.8 Å². The van der Waals surface area contributed by atoms with Crippen LogP contribution in [0.15, 0.2) is 23.3 Å². The lowest BCUT2D eigenvalue weighted by Crippen LogP contribution is -2.37. The van der Waals surface area contributed by atoms with Crippen LogP contribution in [0.3, 0.4) is 0 Å². The minimum absolute atomic E-state index is 0.0656. The highest BCUT2D eigenvalue weighted by atomic mass is 32.1. The molecule has 0 radical (unpaired) electrons. The minimum atomic E-state index is -0.182. The van der Waals surface area contributed by atoms with Gasteiger partial charge in [-0.3, -0.25) is 10.2 Å². The number of rotatable bonds is 9. The van der Waals surface area contributed by atoms with Gasteiger partial charge in [0.05, 0.1) is 19.4 Å². The Morgan fingerprint density at radius 3 is 2.96 bits per heavy atom. The molecule has 1 atom stereocenters. The highest BCUT2D eigenvalue weighted by Crippen LogP contribution is 2.27. The molecule has 1 aromatic carbocycles. The number of nitrogens with zero attached hydrogens (tertiary/aromatic N) is 1. The monoisotopic (exact) mass is 394 g/mol. The van der Waals surface area contributed by atoms with Crippen LogP contribution in [0.1, 0.15) is 25.3 Å². The average molecular weight is 394 g/mol. The Labute approximate surface area is 164 Å². The van der Waals surface area contributed by atoms with E-state index in [9.17, 15) is 4.79 Å². The molecule has 1 aromatic rings. The highest BCUT2D eigenvalue weighted by Gasteiger charge is 2.15. The second-order valence-corrected chi connectivity index (χ2v) is 6.28. The van der Waals surface area contributed by atoms with E-state index < -0.39 is 0 Å². The number of carbonyl (C=O) groups is 1. The summed E-state index contributed by atoms with van der Waals surface area (Å²) < 4.78 is 16.3. The molecule has 1 saturated heterocycles. The van der Waals surface area contributed by atoms with Crippen molar-refractivity contribution >= 4 is 29.5 Å². The fourth-order valence-electron chi connectivity index (χ4n) is 2.49. The summed E-state index contributed by atoms with van der Waals surface area (Å²) >= 11 is 5.18. The predicted octanol–water partition coefficient (Wildman–Crippen LogP) is 1.19. The van der Waals surface area contributed by atoms with Gasteiger partial charge in [0.1, 0.15) is 0 Å². The Kier molecular flexibility index (Phi) is 8.79. The van der Waals surface area contributed by atoms with Crippen LogP contribution in [0.25, 0.3) is 0 Å². The van der Waals surface area contributed by atoms with Crippen molar-refractivity contribution in [1.29, 1.82) is 0 Å². The quantitative estimate of drug-likeness (QED) is 0.329. The summed E-state index contributed by atoms with van der Waals surface area (Å²) in [5.41, 5.74) is 3.57. The SMILES string of the molecule is CCNC(=O)COc1ccc(/C=N\NC(=S)NC[C@H]2CCCO2)cc1OC. The van der Waals surface area contributed by atoms with E-state index in [1.165, 1.54) is 7.11 Å². The standard InChI is InChI=1S/C18H26N4O4S/c1-3-19-17(23)12-26-15-7-6-13(9-16(15)24-2)10-21-22-18(27)20-11-14-5-4-8-25-14/h6-7,9-10,14H,3-5,8,11-12H2,1-2H3,(H,19,23)(H2,20,22,27)/b21-10-/t14-/m1/s1. The van der Waals surface area contributed by atoms with Gasteiger partial charge in [0.2, 0.25) is 0 Å². The molecule has 0 unspecified atom stereocenters. The third-order valence-corrected chi connectivity index (χ3v) is 4.05. The van der Waals surface area contributed by atoms with Gasteiger partial charge in [0.15, 0.2) is 23.2 Å². The summed E-state index contributed by atoms with van der Waals surface area (Å²) in [6, 6.07) is 5.30. The molecule has 0 spiro atoms. The van der Waals surface area contributed by atoms with E-state index in [1.807, 2.05) is 13.0 Å². The molecule has 1 amide bonds. The molecular weight excluding hydrogens is 368 g/mol. The van der Waals surface area contributed by atoms with E-state index in [-0.39, 0.29) is 18.6 Å². The van der Waals surface area contributed by atoms with Crippen molar-refractivity contribution in [3.8, 4) is 11.5 Å². The topological polar surface area (TPSA) is 93.2 Å². The molecule has 2 rings (SSSR count). The van der Waals surface area contributed by atoms with Gasteiger partial charge in [-0.25, -0.2) is 0 Å². The zero-order chi connectivity index (χ0) is 19.5. The predicted molar refractivity (Wildman–Crippen MR) is 107 cm³/mol. The molecule has 8 nitrogen and oxygen atoms in total. The Morgan fingerprint density at radius 1 is 1.41 bits per heavy atom. The number of amides is 1. The Morgan fingerprint density at radius 2 is 2.26 bits per heavy atom. The van der Waals surface area contributed by atoms with Gasteiger partial charge in [-0.15, -0.1) is 0 Å². The smallest absolute Gasteiger partial charge is 0.257 e. The van der Waals surface area contributed by atoms with E-state index in [0.717, 1.165) is 25.0 Å². The van der Waals surface area contributed by atoms with Crippen molar-refractivity contribution in [3.63, 3.8) is 0 Å². The fourth-order valence-corrected chi connectivity index (χ4v) is 2.63. The maximum Gasteiger partial charge on any atom is 0.257 e. The van der Waals surface area contributed by atoms with Crippen molar-refractivity contribution in [2.24, 2.45) is 5.10 Å². The molecular formula is C18H26N4O4S. The first-order valence-electron chi connectivity index (χ1n) is 8.88. The van der Waals surface area contributed by atoms with Crippen LogP contribution < -0.4 is 25.5 Å². The second-order valence-electron chi connectivity index (χ2n) is 5.87. The van der Waals surface area contributed by atoms with Crippen molar-refractivity contribution in [1.82, 2.24) is 16.1 Å². The second kappa shape index (κ2) is 11.3. The largest absolute Gasteiger partial charge is 0.493 e. The summed E-state index contributed by atoms with van der Waals surface area (Å²) in [6.07, 6.45) is 3.98. The number of likely N-dealkylation sites (N-methyl/N-ethyl adjacent to an activating group) is 1. The van der Waals surface area contributed by atoms with E-state index in [4.69, 9.17) is 26.4 Å². The van der Waals surface area contributed by atoms with Gasteiger partial charge in [0.25, 0.3) is 5.91 Å². The van der Waals surface area contributed by atoms with Gasteiger partial charge >= 0.3 is 0 Å². The summed E-state index contributed by atoms with van der Waals surface area (Å²) in [7, 11) is 1.54. The zero-order valence-corrected chi connectivity index (χ0v) is 16.4. The van der Waals surface area contributed by atoms with Gasteiger partial charge in [-0.1, -0.05) is 0 Å². The average Bonchev–Trinajstić information content (AvgIpc) is 3.19. The summed E-state index contributed by atoms with van der Waals surface area (Å²) in [6.45, 7) is 3.84. The number of ether oxygens (including phenoxy) is 3. The maximum absolute atomic E-state index is 11.5. The van der Waals surface area contributed by atoms with Crippen molar-refractivity contribution < 1.29 is 19.0 Å². The van der Waals surface area contributed by atoms with Crippen molar-refractivity contribution in [3.05, 3.63) is 23.8 Å². The lowest BCUT2D eigenvalue weighted by atomic mass is 10.2. The van der Waals surface area contributed by atoms with Crippen LogP contribution >= 0.6 is 12.2 Å². The lowest BCUT2D eigenvalue weighted by molar-refractivity contribution is -0.123. The summed E-state index contributed by atoms with van der Waals surface area (Å²) in [5, 5.41) is 10.3. The van der Waals surface area contributed by atoms with Gasteiger partial charge in [-0.05, 0) is 55.7 Å². The number of benzene rings is 1. The van der Waals surface area contributed by atoms with E-state index in [0.29, 0.717) is 29.7 Å². The molecule has 0 saturated carbocycles. The van der Waals surface area contributed by atoms with Crippen LogP contribution in [-0.4, -0.2) is 56.8 Å². The Hall–Kier alpha value is -2.39. The van der Waals surface area contributed by atoms with Crippen LogP contribution in [0.4, 0.5) is 0 Å².